The number of pyridine rings is 1. The van der Waals surface area contributed by atoms with Crippen LogP contribution < -0.4 is 5.46 Å². The number of aromatic nitrogens is 3. The van der Waals surface area contributed by atoms with Crippen molar-refractivity contribution in [3.8, 4) is 5.69 Å². The van der Waals surface area contributed by atoms with Crippen molar-refractivity contribution >= 4 is 24.2 Å². The van der Waals surface area contributed by atoms with E-state index in [1.807, 2.05) is 0 Å². The molecule has 0 spiro atoms. The molecule has 7 heteroatoms. The van der Waals surface area contributed by atoms with Gasteiger partial charge in [0.2, 0.25) is 0 Å². The molecule has 2 aromatic rings. The highest BCUT2D eigenvalue weighted by Crippen LogP contribution is 2.08. The average Bonchev–Trinajstić information content (AvgIpc) is 2.68. The van der Waals surface area contributed by atoms with Crippen molar-refractivity contribution in [2.45, 2.75) is 0 Å². The summed E-state index contributed by atoms with van der Waals surface area (Å²) < 4.78 is 1.48. The van der Waals surface area contributed by atoms with Gasteiger partial charge in [-0.05, 0) is 12.1 Å². The maximum absolute atomic E-state index is 8.89. The summed E-state index contributed by atoms with van der Waals surface area (Å²) in [5.41, 5.74) is 1.02. The van der Waals surface area contributed by atoms with Gasteiger partial charge in [0.15, 0.2) is 0 Å². The first-order valence-electron chi connectivity index (χ1n) is 4.19. The maximum Gasteiger partial charge on any atom is 0.491 e. The van der Waals surface area contributed by atoms with Crippen molar-refractivity contribution in [1.82, 2.24) is 14.8 Å². The molecule has 0 unspecified atom stereocenters. The quantitative estimate of drug-likeness (QED) is 0.537. The second kappa shape index (κ2) is 4.02. The fourth-order valence-corrected chi connectivity index (χ4v) is 1.23. The first-order chi connectivity index (χ1) is 7.16. The number of rotatable bonds is 2. The van der Waals surface area contributed by atoms with Crippen LogP contribution in [0.25, 0.3) is 5.69 Å². The topological polar surface area (TPSA) is 71.2 Å². The zero-order chi connectivity index (χ0) is 10.8. The van der Waals surface area contributed by atoms with Crippen molar-refractivity contribution in [2.24, 2.45) is 0 Å². The van der Waals surface area contributed by atoms with Gasteiger partial charge in [0.05, 0.1) is 11.9 Å². The highest BCUT2D eigenvalue weighted by molar-refractivity contribution is 6.58. The number of halogens is 1. The molecule has 0 aliphatic carbocycles. The smallest absolute Gasteiger partial charge is 0.423 e. The molecule has 0 aromatic carbocycles. The molecule has 15 heavy (non-hydrogen) atoms. The first-order valence-corrected chi connectivity index (χ1v) is 4.57. The summed E-state index contributed by atoms with van der Waals surface area (Å²) in [6, 6.07) is 3.36. The van der Waals surface area contributed by atoms with Crippen LogP contribution in [0.3, 0.4) is 0 Å². The Kier molecular flexibility index (Phi) is 2.72. The lowest BCUT2D eigenvalue weighted by Gasteiger charge is -1.99. The lowest BCUT2D eigenvalue weighted by atomic mass is 9.83. The minimum atomic E-state index is -1.51. The summed E-state index contributed by atoms with van der Waals surface area (Å²) in [6.07, 6.45) is 4.43. The molecule has 0 amide bonds. The number of hydrogen-bond acceptors (Lipinski definition) is 4. The van der Waals surface area contributed by atoms with Gasteiger partial charge in [-0.15, -0.1) is 0 Å². The first kappa shape index (κ1) is 10.2. The molecule has 76 valence electrons. The van der Waals surface area contributed by atoms with Crippen LogP contribution in [0.4, 0.5) is 0 Å². The summed E-state index contributed by atoms with van der Waals surface area (Å²) in [5.74, 6) is 0. The molecule has 2 N–H and O–H groups in total. The van der Waals surface area contributed by atoms with Crippen LogP contribution in [0, 0.1) is 0 Å². The van der Waals surface area contributed by atoms with Crippen molar-refractivity contribution < 1.29 is 10.0 Å². The molecule has 0 fully saturated rings. The lowest BCUT2D eigenvalue weighted by molar-refractivity contribution is 0.426. The highest BCUT2D eigenvalue weighted by Gasteiger charge is 2.13. The van der Waals surface area contributed by atoms with Gasteiger partial charge in [0, 0.05) is 17.9 Å². The Hall–Kier alpha value is -1.37. The molecule has 0 radical (unpaired) electrons. The van der Waals surface area contributed by atoms with Crippen molar-refractivity contribution in [3.05, 3.63) is 35.9 Å². The van der Waals surface area contributed by atoms with E-state index in [-0.39, 0.29) is 0 Å². The Morgan fingerprint density at radius 3 is 2.60 bits per heavy atom. The maximum atomic E-state index is 8.89. The Balaban J connectivity index is 2.33. The van der Waals surface area contributed by atoms with E-state index in [0.717, 1.165) is 0 Å². The van der Waals surface area contributed by atoms with Crippen LogP contribution in [-0.4, -0.2) is 31.9 Å². The summed E-state index contributed by atoms with van der Waals surface area (Å²) in [6.45, 7) is 0. The van der Waals surface area contributed by atoms with E-state index in [2.05, 4.69) is 10.1 Å². The molecule has 2 heterocycles. The van der Waals surface area contributed by atoms with Crippen LogP contribution in [0.15, 0.2) is 30.7 Å². The summed E-state index contributed by atoms with van der Waals surface area (Å²) >= 11 is 5.63. The van der Waals surface area contributed by atoms with Gasteiger partial charge >= 0.3 is 7.12 Å². The molecule has 5 nitrogen and oxygen atoms in total. The molecular weight excluding hydrogens is 216 g/mol. The van der Waals surface area contributed by atoms with Crippen LogP contribution in [0.1, 0.15) is 0 Å². The predicted octanol–water partition coefficient (Wildman–Crippen LogP) is -0.400. The predicted molar refractivity (Wildman–Crippen MR) is 56.2 cm³/mol. The number of nitrogens with zero attached hydrogens (tertiary/aromatic N) is 3. The standard InChI is InChI=1S/C8H7BClN3O2/c10-8-2-1-7(4-11-8)13-5-6(3-12-13)9(14)15/h1-5,14-15H. The van der Waals surface area contributed by atoms with Gasteiger partial charge in [0.25, 0.3) is 0 Å². The minimum absolute atomic E-state index is 0.324. The Morgan fingerprint density at radius 2 is 2.07 bits per heavy atom. The summed E-state index contributed by atoms with van der Waals surface area (Å²) in [5, 5.41) is 22.1. The molecule has 0 aliphatic heterocycles. The monoisotopic (exact) mass is 223 g/mol. The summed E-state index contributed by atoms with van der Waals surface area (Å²) in [4.78, 5) is 3.89. The van der Waals surface area contributed by atoms with E-state index in [1.165, 1.54) is 17.1 Å². The lowest BCUT2D eigenvalue weighted by Crippen LogP contribution is -2.28. The fourth-order valence-electron chi connectivity index (χ4n) is 1.11. The van der Waals surface area contributed by atoms with E-state index >= 15 is 0 Å². The van der Waals surface area contributed by atoms with Crippen LogP contribution in [0.2, 0.25) is 5.15 Å². The third-order valence-corrected chi connectivity index (χ3v) is 2.10. The molecule has 0 aliphatic rings. The van der Waals surface area contributed by atoms with E-state index in [4.69, 9.17) is 21.6 Å². The van der Waals surface area contributed by atoms with Gasteiger partial charge in [-0.2, -0.15) is 5.10 Å². The van der Waals surface area contributed by atoms with Gasteiger partial charge in [-0.1, -0.05) is 11.6 Å². The molecule has 2 aromatic heterocycles. The second-order valence-electron chi connectivity index (χ2n) is 2.93. The van der Waals surface area contributed by atoms with E-state index < -0.39 is 7.12 Å². The third kappa shape index (κ3) is 2.17. The number of hydrogen-bond donors (Lipinski definition) is 2. The zero-order valence-corrected chi connectivity index (χ0v) is 8.33. The minimum Gasteiger partial charge on any atom is -0.423 e. The van der Waals surface area contributed by atoms with Crippen LogP contribution in [-0.2, 0) is 0 Å². The van der Waals surface area contributed by atoms with Gasteiger partial charge in [-0.25, -0.2) is 9.67 Å². The van der Waals surface area contributed by atoms with E-state index in [1.54, 1.807) is 18.3 Å². The Morgan fingerprint density at radius 1 is 1.27 bits per heavy atom. The SMILES string of the molecule is OB(O)c1cnn(-c2ccc(Cl)nc2)c1. The van der Waals surface area contributed by atoms with E-state index in [9.17, 15) is 0 Å². The molecule has 0 saturated heterocycles. The zero-order valence-electron chi connectivity index (χ0n) is 7.58. The van der Waals surface area contributed by atoms with Crippen LogP contribution in [0.5, 0.6) is 0 Å². The van der Waals surface area contributed by atoms with Gasteiger partial charge < -0.3 is 10.0 Å². The van der Waals surface area contributed by atoms with Gasteiger partial charge in [0.1, 0.15) is 5.15 Å². The largest absolute Gasteiger partial charge is 0.491 e. The van der Waals surface area contributed by atoms with Crippen molar-refractivity contribution in [1.29, 1.82) is 0 Å². The molecular formula is C8H7BClN3O2. The normalized spacial score (nSPS) is 10.3. The van der Waals surface area contributed by atoms with Crippen molar-refractivity contribution in [3.63, 3.8) is 0 Å². The third-order valence-electron chi connectivity index (χ3n) is 1.88. The summed E-state index contributed by atoms with van der Waals surface area (Å²) in [7, 11) is -1.51. The Bertz CT molecular complexity index is 457. The van der Waals surface area contributed by atoms with E-state index in [0.29, 0.717) is 16.3 Å². The Labute approximate surface area is 91.1 Å². The van der Waals surface area contributed by atoms with Crippen molar-refractivity contribution in [2.75, 3.05) is 0 Å². The molecule has 0 atom stereocenters. The highest BCUT2D eigenvalue weighted by atomic mass is 35.5. The molecule has 2 rings (SSSR count). The van der Waals surface area contributed by atoms with Crippen LogP contribution >= 0.6 is 11.6 Å². The second-order valence-corrected chi connectivity index (χ2v) is 3.32. The fraction of sp³-hybridized carbons (Fsp3) is 0. The molecule has 0 saturated carbocycles. The van der Waals surface area contributed by atoms with Gasteiger partial charge in [-0.3, -0.25) is 0 Å². The average molecular weight is 223 g/mol. The molecule has 0 bridgehead atoms.